The normalized spacial score (nSPS) is 11.7. The minimum Gasteiger partial charge on any atom is -0.506 e. The highest BCUT2D eigenvalue weighted by atomic mass is 32.2. The Hall–Kier alpha value is -2.06. The third-order valence-corrected chi connectivity index (χ3v) is 4.23. The van der Waals surface area contributed by atoms with Gasteiger partial charge < -0.3 is 10.8 Å². The summed E-state index contributed by atoms with van der Waals surface area (Å²) in [6.07, 6.45) is 4.06. The van der Waals surface area contributed by atoms with Gasteiger partial charge in [0.25, 0.3) is 0 Å². The molecule has 0 unspecified atom stereocenters. The van der Waals surface area contributed by atoms with Crippen molar-refractivity contribution in [3.8, 4) is 5.75 Å². The Kier molecular flexibility index (Phi) is 3.96. The number of sulfonamides is 1. The molecule has 0 fully saturated rings. The van der Waals surface area contributed by atoms with Crippen LogP contribution in [0.1, 0.15) is 5.56 Å². The van der Waals surface area contributed by atoms with Crippen molar-refractivity contribution in [2.45, 2.75) is 11.3 Å². The SMILES string of the molecule is Cn1cc(CCNS(=O)(=O)c2ccc(O)c(N)c2)cn1. The van der Waals surface area contributed by atoms with Gasteiger partial charge in [0, 0.05) is 19.8 Å². The van der Waals surface area contributed by atoms with Crippen LogP contribution in [0, 0.1) is 0 Å². The lowest BCUT2D eigenvalue weighted by Crippen LogP contribution is -2.26. The molecule has 0 radical (unpaired) electrons. The lowest BCUT2D eigenvalue weighted by Gasteiger charge is -2.07. The molecule has 7 nitrogen and oxygen atoms in total. The van der Waals surface area contributed by atoms with Crippen LogP contribution in [-0.4, -0.2) is 29.8 Å². The number of aromatic nitrogens is 2. The number of hydrogen-bond acceptors (Lipinski definition) is 5. The third kappa shape index (κ3) is 3.28. The molecule has 0 bridgehead atoms. The molecule has 20 heavy (non-hydrogen) atoms. The maximum atomic E-state index is 12.0. The summed E-state index contributed by atoms with van der Waals surface area (Å²) in [6, 6.07) is 3.78. The number of anilines is 1. The minimum absolute atomic E-state index is 0.0268. The Bertz CT molecular complexity index is 709. The van der Waals surface area contributed by atoms with Gasteiger partial charge in [-0.1, -0.05) is 0 Å². The van der Waals surface area contributed by atoms with E-state index in [1.807, 2.05) is 6.20 Å². The highest BCUT2D eigenvalue weighted by Gasteiger charge is 2.14. The molecule has 2 rings (SSSR count). The molecule has 0 atom stereocenters. The zero-order valence-electron chi connectivity index (χ0n) is 10.9. The van der Waals surface area contributed by atoms with Crippen LogP contribution in [0.5, 0.6) is 5.75 Å². The molecule has 8 heteroatoms. The van der Waals surface area contributed by atoms with Crippen LogP contribution in [0.3, 0.4) is 0 Å². The predicted molar refractivity (Wildman–Crippen MR) is 74.6 cm³/mol. The number of aryl methyl sites for hydroxylation is 1. The zero-order chi connectivity index (χ0) is 14.8. The van der Waals surface area contributed by atoms with E-state index < -0.39 is 10.0 Å². The van der Waals surface area contributed by atoms with Gasteiger partial charge in [-0.3, -0.25) is 4.68 Å². The van der Waals surface area contributed by atoms with E-state index in [2.05, 4.69) is 9.82 Å². The molecular weight excluding hydrogens is 280 g/mol. The number of nitrogens with two attached hydrogens (primary N) is 1. The number of nitrogens with one attached hydrogen (secondary N) is 1. The molecular formula is C12H16N4O3S. The second kappa shape index (κ2) is 5.51. The molecule has 0 saturated carbocycles. The van der Waals surface area contributed by atoms with Crippen molar-refractivity contribution in [1.29, 1.82) is 0 Å². The minimum atomic E-state index is -3.63. The van der Waals surface area contributed by atoms with E-state index in [1.165, 1.54) is 18.2 Å². The Balaban J connectivity index is 2.02. The molecule has 2 aromatic rings. The van der Waals surface area contributed by atoms with Crippen molar-refractivity contribution in [3.63, 3.8) is 0 Å². The molecule has 0 saturated heterocycles. The number of benzene rings is 1. The predicted octanol–water partition coefficient (Wildman–Crippen LogP) is 0.229. The van der Waals surface area contributed by atoms with Crippen LogP contribution in [0.4, 0.5) is 5.69 Å². The standard InChI is InChI=1S/C12H16N4O3S/c1-16-8-9(7-14-16)4-5-15-20(18,19)10-2-3-12(17)11(13)6-10/h2-3,6-8,15,17H,4-5,13H2,1H3. The van der Waals surface area contributed by atoms with Crippen LogP contribution >= 0.6 is 0 Å². The van der Waals surface area contributed by atoms with Gasteiger partial charge >= 0.3 is 0 Å². The highest BCUT2D eigenvalue weighted by Crippen LogP contribution is 2.22. The van der Waals surface area contributed by atoms with Crippen molar-refractivity contribution in [3.05, 3.63) is 36.2 Å². The van der Waals surface area contributed by atoms with Crippen LogP contribution < -0.4 is 10.5 Å². The van der Waals surface area contributed by atoms with Crippen molar-refractivity contribution < 1.29 is 13.5 Å². The highest BCUT2D eigenvalue weighted by molar-refractivity contribution is 7.89. The van der Waals surface area contributed by atoms with Crippen molar-refractivity contribution in [1.82, 2.24) is 14.5 Å². The molecule has 0 aliphatic carbocycles. The summed E-state index contributed by atoms with van der Waals surface area (Å²) in [5.74, 6) is -0.140. The van der Waals surface area contributed by atoms with E-state index in [-0.39, 0.29) is 22.9 Å². The Morgan fingerprint density at radius 2 is 2.20 bits per heavy atom. The van der Waals surface area contributed by atoms with Gasteiger partial charge in [0.1, 0.15) is 5.75 Å². The average Bonchev–Trinajstić information content (AvgIpc) is 2.78. The molecule has 4 N–H and O–H groups in total. The fourth-order valence-corrected chi connectivity index (χ4v) is 2.78. The molecule has 1 aromatic carbocycles. The number of rotatable bonds is 5. The fourth-order valence-electron chi connectivity index (χ4n) is 1.71. The van der Waals surface area contributed by atoms with Crippen molar-refractivity contribution >= 4 is 15.7 Å². The van der Waals surface area contributed by atoms with E-state index in [1.54, 1.807) is 17.9 Å². The number of nitrogen functional groups attached to an aromatic ring is 1. The first-order chi connectivity index (χ1) is 9.38. The molecule has 1 heterocycles. The van der Waals surface area contributed by atoms with Crippen molar-refractivity contribution in [2.24, 2.45) is 7.05 Å². The lowest BCUT2D eigenvalue weighted by molar-refractivity contribution is 0.477. The number of hydrogen-bond donors (Lipinski definition) is 3. The summed E-state index contributed by atoms with van der Waals surface area (Å²) in [5.41, 5.74) is 6.46. The largest absolute Gasteiger partial charge is 0.506 e. The van der Waals surface area contributed by atoms with Crippen LogP contribution in [0.25, 0.3) is 0 Å². The maximum absolute atomic E-state index is 12.0. The second-order valence-corrected chi connectivity index (χ2v) is 6.16. The molecule has 1 aromatic heterocycles. The van der Waals surface area contributed by atoms with Gasteiger partial charge in [-0.2, -0.15) is 5.10 Å². The molecule has 0 aliphatic rings. The van der Waals surface area contributed by atoms with Gasteiger partial charge in [-0.15, -0.1) is 0 Å². The number of phenols is 1. The number of aromatic hydroxyl groups is 1. The van der Waals surface area contributed by atoms with E-state index in [0.29, 0.717) is 6.42 Å². The first kappa shape index (κ1) is 14.4. The quantitative estimate of drug-likeness (QED) is 0.540. The van der Waals surface area contributed by atoms with Crippen molar-refractivity contribution in [2.75, 3.05) is 12.3 Å². The first-order valence-corrected chi connectivity index (χ1v) is 7.42. The lowest BCUT2D eigenvalue weighted by atomic mass is 10.3. The van der Waals surface area contributed by atoms with Gasteiger partial charge in [-0.05, 0) is 30.2 Å². The van der Waals surface area contributed by atoms with Gasteiger partial charge in [-0.25, -0.2) is 13.1 Å². The Labute approximate surface area is 117 Å². The number of nitrogens with zero attached hydrogens (tertiary/aromatic N) is 2. The Morgan fingerprint density at radius 3 is 2.80 bits per heavy atom. The summed E-state index contributed by atoms with van der Waals surface area (Å²) in [6.45, 7) is 0.259. The van der Waals surface area contributed by atoms with Gasteiger partial charge in [0.05, 0.1) is 16.8 Å². The van der Waals surface area contributed by atoms with Crippen LogP contribution in [-0.2, 0) is 23.5 Å². The van der Waals surface area contributed by atoms with Gasteiger partial charge in [0.15, 0.2) is 0 Å². The molecule has 0 amide bonds. The molecule has 108 valence electrons. The van der Waals surface area contributed by atoms with Crippen LogP contribution in [0.15, 0.2) is 35.5 Å². The van der Waals surface area contributed by atoms with Crippen LogP contribution in [0.2, 0.25) is 0 Å². The second-order valence-electron chi connectivity index (χ2n) is 4.39. The average molecular weight is 296 g/mol. The van der Waals surface area contributed by atoms with Gasteiger partial charge in [0.2, 0.25) is 10.0 Å². The molecule has 0 spiro atoms. The van der Waals surface area contributed by atoms with E-state index in [4.69, 9.17) is 5.73 Å². The summed E-state index contributed by atoms with van der Waals surface area (Å²) >= 11 is 0. The first-order valence-electron chi connectivity index (χ1n) is 5.94. The summed E-state index contributed by atoms with van der Waals surface area (Å²) in [7, 11) is -1.83. The summed E-state index contributed by atoms with van der Waals surface area (Å²) in [5, 5.41) is 13.3. The Morgan fingerprint density at radius 1 is 1.45 bits per heavy atom. The zero-order valence-corrected chi connectivity index (χ0v) is 11.8. The van der Waals surface area contributed by atoms with E-state index >= 15 is 0 Å². The monoisotopic (exact) mass is 296 g/mol. The topological polar surface area (TPSA) is 110 Å². The fraction of sp³-hybridized carbons (Fsp3) is 0.250. The smallest absolute Gasteiger partial charge is 0.240 e. The third-order valence-electron chi connectivity index (χ3n) is 2.77. The van der Waals surface area contributed by atoms with E-state index in [9.17, 15) is 13.5 Å². The molecule has 0 aliphatic heterocycles. The summed E-state index contributed by atoms with van der Waals surface area (Å²) < 4.78 is 28.2. The maximum Gasteiger partial charge on any atom is 0.240 e. The summed E-state index contributed by atoms with van der Waals surface area (Å²) in [4.78, 5) is 0.0268. The van der Waals surface area contributed by atoms with E-state index in [0.717, 1.165) is 5.56 Å². The number of phenolic OH excluding ortho intramolecular Hbond substituents is 1.